The van der Waals surface area contributed by atoms with Crippen molar-refractivity contribution in [3.8, 4) is 0 Å². The molecule has 2 atom stereocenters. The molecule has 1 saturated heterocycles. The Labute approximate surface area is 83.4 Å². The molecule has 1 rings (SSSR count). The number of piperidine rings is 1. The minimum atomic E-state index is -1.37. The molecule has 1 heterocycles. The molecule has 0 saturated carbocycles. The fourth-order valence-corrected chi connectivity index (χ4v) is 1.83. The number of likely N-dealkylation sites (tertiary alicyclic amines) is 1. The number of nitrogens with two attached hydrogens (primary N) is 2. The first-order chi connectivity index (χ1) is 6.35. The van der Waals surface area contributed by atoms with Crippen LogP contribution in [0.25, 0.3) is 0 Å². The van der Waals surface area contributed by atoms with Crippen LogP contribution in [-0.4, -0.2) is 40.7 Å². The third kappa shape index (κ3) is 2.20. The molecule has 4 N–H and O–H groups in total. The third-order valence-electron chi connectivity index (χ3n) is 2.66. The molecule has 2 unspecified atom stereocenters. The summed E-state index contributed by atoms with van der Waals surface area (Å²) in [6, 6.07) is 0.0331. The lowest BCUT2D eigenvalue weighted by Gasteiger charge is -2.39. The van der Waals surface area contributed by atoms with Crippen LogP contribution in [0.1, 0.15) is 20.3 Å². The highest BCUT2D eigenvalue weighted by Crippen LogP contribution is 2.20. The average molecular weight is 202 g/mol. The van der Waals surface area contributed by atoms with Crippen LogP contribution < -0.4 is 11.5 Å². The summed E-state index contributed by atoms with van der Waals surface area (Å²) in [7, 11) is 0. The standard InChI is InChI=1S/C8H18N4O2/c1-6(2)11-4-7(9)3-8(10,5-11)12(13)14/h6-7H,3-5,9-10H2,1-2H3. The summed E-state index contributed by atoms with van der Waals surface area (Å²) in [5, 5.41) is 10.8. The molecular formula is C8H18N4O2. The van der Waals surface area contributed by atoms with Crippen LogP contribution in [-0.2, 0) is 0 Å². The zero-order chi connectivity index (χ0) is 10.9. The number of nitro groups is 1. The van der Waals surface area contributed by atoms with E-state index in [9.17, 15) is 10.1 Å². The predicted molar refractivity (Wildman–Crippen MR) is 53.2 cm³/mol. The van der Waals surface area contributed by atoms with Crippen molar-refractivity contribution >= 4 is 0 Å². The first kappa shape index (κ1) is 11.4. The fraction of sp³-hybridized carbons (Fsp3) is 1.00. The van der Waals surface area contributed by atoms with Gasteiger partial charge in [-0.2, -0.15) is 0 Å². The van der Waals surface area contributed by atoms with E-state index in [1.165, 1.54) is 0 Å². The zero-order valence-electron chi connectivity index (χ0n) is 8.64. The van der Waals surface area contributed by atoms with Gasteiger partial charge in [-0.3, -0.25) is 20.7 Å². The van der Waals surface area contributed by atoms with Crippen molar-refractivity contribution in [1.82, 2.24) is 4.90 Å². The summed E-state index contributed by atoms with van der Waals surface area (Å²) in [5.74, 6) is 0. The number of nitrogens with zero attached hydrogens (tertiary/aromatic N) is 2. The van der Waals surface area contributed by atoms with Crippen molar-refractivity contribution < 1.29 is 4.92 Å². The van der Waals surface area contributed by atoms with Gasteiger partial charge < -0.3 is 5.73 Å². The van der Waals surface area contributed by atoms with Crippen LogP contribution in [0.5, 0.6) is 0 Å². The van der Waals surface area contributed by atoms with E-state index in [-0.39, 0.29) is 25.0 Å². The van der Waals surface area contributed by atoms with Crippen LogP contribution in [0.2, 0.25) is 0 Å². The Hall–Kier alpha value is -0.720. The second-order valence-corrected chi connectivity index (χ2v) is 4.35. The van der Waals surface area contributed by atoms with Crippen LogP contribution in [0.15, 0.2) is 0 Å². The maximum absolute atomic E-state index is 10.8. The molecule has 0 spiro atoms. The van der Waals surface area contributed by atoms with Crippen molar-refractivity contribution in [2.75, 3.05) is 13.1 Å². The molecule has 1 aliphatic heterocycles. The maximum atomic E-state index is 10.8. The summed E-state index contributed by atoms with van der Waals surface area (Å²) in [5.41, 5.74) is 10.1. The summed E-state index contributed by atoms with van der Waals surface area (Å²) in [6.45, 7) is 4.94. The molecule has 0 amide bonds. The quantitative estimate of drug-likeness (QED) is 0.352. The predicted octanol–water partition coefficient (Wildman–Crippen LogP) is -0.640. The van der Waals surface area contributed by atoms with Crippen LogP contribution in [0.3, 0.4) is 0 Å². The van der Waals surface area contributed by atoms with Crippen LogP contribution >= 0.6 is 0 Å². The molecule has 0 aromatic rings. The smallest absolute Gasteiger partial charge is 0.286 e. The number of hydrogen-bond acceptors (Lipinski definition) is 5. The fourth-order valence-electron chi connectivity index (χ4n) is 1.83. The van der Waals surface area contributed by atoms with Gasteiger partial charge in [-0.25, -0.2) is 0 Å². The van der Waals surface area contributed by atoms with Gasteiger partial charge in [0.1, 0.15) is 0 Å². The second kappa shape index (κ2) is 3.80. The van der Waals surface area contributed by atoms with E-state index in [2.05, 4.69) is 0 Å². The zero-order valence-corrected chi connectivity index (χ0v) is 8.64. The molecule has 82 valence electrons. The van der Waals surface area contributed by atoms with Gasteiger partial charge in [0.25, 0.3) is 5.66 Å². The van der Waals surface area contributed by atoms with E-state index in [0.29, 0.717) is 6.54 Å². The summed E-state index contributed by atoms with van der Waals surface area (Å²) < 4.78 is 0. The summed E-state index contributed by atoms with van der Waals surface area (Å²) in [4.78, 5) is 12.3. The van der Waals surface area contributed by atoms with Gasteiger partial charge in [0, 0.05) is 23.6 Å². The third-order valence-corrected chi connectivity index (χ3v) is 2.66. The second-order valence-electron chi connectivity index (χ2n) is 4.35. The van der Waals surface area contributed by atoms with Crippen molar-refractivity contribution in [2.45, 2.75) is 38.0 Å². The Morgan fingerprint density at radius 3 is 2.64 bits per heavy atom. The Bertz CT molecular complexity index is 233. The lowest BCUT2D eigenvalue weighted by atomic mass is 9.95. The molecule has 14 heavy (non-hydrogen) atoms. The monoisotopic (exact) mass is 202 g/mol. The first-order valence-electron chi connectivity index (χ1n) is 4.78. The van der Waals surface area contributed by atoms with Gasteiger partial charge in [0.2, 0.25) is 0 Å². The minimum Gasteiger partial charge on any atom is -0.326 e. The lowest BCUT2D eigenvalue weighted by Crippen LogP contribution is -2.65. The Balaban J connectivity index is 2.76. The first-order valence-corrected chi connectivity index (χ1v) is 4.78. The van der Waals surface area contributed by atoms with Crippen LogP contribution in [0, 0.1) is 10.1 Å². The van der Waals surface area contributed by atoms with E-state index in [1.54, 1.807) is 0 Å². The topological polar surface area (TPSA) is 98.4 Å². The average Bonchev–Trinajstić information content (AvgIpc) is 2.02. The Kier molecular flexibility index (Phi) is 3.08. The number of rotatable bonds is 2. The van der Waals surface area contributed by atoms with Crippen molar-refractivity contribution in [2.24, 2.45) is 11.5 Å². The van der Waals surface area contributed by atoms with Gasteiger partial charge >= 0.3 is 0 Å². The molecule has 6 heteroatoms. The lowest BCUT2D eigenvalue weighted by molar-refractivity contribution is -0.574. The van der Waals surface area contributed by atoms with Gasteiger partial charge in [-0.05, 0) is 13.8 Å². The van der Waals surface area contributed by atoms with Crippen molar-refractivity contribution in [3.63, 3.8) is 0 Å². The molecule has 1 fully saturated rings. The molecule has 6 nitrogen and oxygen atoms in total. The highest BCUT2D eigenvalue weighted by molar-refractivity contribution is 4.90. The van der Waals surface area contributed by atoms with Gasteiger partial charge in [0.05, 0.1) is 13.0 Å². The molecule has 1 aliphatic rings. The van der Waals surface area contributed by atoms with Crippen molar-refractivity contribution in [3.05, 3.63) is 10.1 Å². The molecule has 0 bridgehead atoms. The summed E-state index contributed by atoms with van der Waals surface area (Å²) in [6.07, 6.45) is 0.253. The van der Waals surface area contributed by atoms with E-state index < -0.39 is 10.6 Å². The van der Waals surface area contributed by atoms with E-state index in [1.807, 2.05) is 18.7 Å². The van der Waals surface area contributed by atoms with E-state index >= 15 is 0 Å². The van der Waals surface area contributed by atoms with Crippen molar-refractivity contribution in [1.29, 1.82) is 0 Å². The Morgan fingerprint density at radius 2 is 2.21 bits per heavy atom. The molecule has 0 aromatic heterocycles. The maximum Gasteiger partial charge on any atom is 0.286 e. The molecular weight excluding hydrogens is 184 g/mol. The SMILES string of the molecule is CC(C)N1CC(N)CC(N)([N+](=O)[O-])C1. The largest absolute Gasteiger partial charge is 0.326 e. The highest BCUT2D eigenvalue weighted by Gasteiger charge is 2.46. The van der Waals surface area contributed by atoms with Gasteiger partial charge in [-0.15, -0.1) is 0 Å². The van der Waals surface area contributed by atoms with Gasteiger partial charge in [0.15, 0.2) is 0 Å². The summed E-state index contributed by atoms with van der Waals surface area (Å²) >= 11 is 0. The van der Waals surface area contributed by atoms with E-state index in [4.69, 9.17) is 11.5 Å². The molecule has 0 radical (unpaired) electrons. The van der Waals surface area contributed by atoms with E-state index in [0.717, 1.165) is 0 Å². The van der Waals surface area contributed by atoms with Gasteiger partial charge in [-0.1, -0.05) is 0 Å². The Morgan fingerprint density at radius 1 is 1.64 bits per heavy atom. The number of hydrogen-bond donors (Lipinski definition) is 2. The van der Waals surface area contributed by atoms with Crippen LogP contribution in [0.4, 0.5) is 0 Å². The molecule has 0 aromatic carbocycles. The minimum absolute atomic E-state index is 0.207. The normalized spacial score (nSPS) is 34.8. The molecule has 0 aliphatic carbocycles. The highest BCUT2D eigenvalue weighted by atomic mass is 16.6.